The number of carbonyl (C=O) groups is 3. The quantitative estimate of drug-likeness (QED) is 0.381. The maximum Gasteiger partial charge on any atom is 0.514 e. The lowest BCUT2D eigenvalue weighted by Crippen LogP contribution is -2.37. The van der Waals surface area contributed by atoms with Gasteiger partial charge in [-0.05, 0) is 59.6 Å². The predicted octanol–water partition coefficient (Wildman–Crippen LogP) is 4.67. The molecule has 0 bridgehead atoms. The van der Waals surface area contributed by atoms with Crippen LogP contribution in [0.1, 0.15) is 47.1 Å². The van der Waals surface area contributed by atoms with E-state index in [1.807, 2.05) is 0 Å². The summed E-state index contributed by atoms with van der Waals surface area (Å²) < 4.78 is 71.1. The van der Waals surface area contributed by atoms with Crippen LogP contribution in [0.2, 0.25) is 0 Å². The normalized spacial score (nSPS) is 12.1. The third-order valence-electron chi connectivity index (χ3n) is 3.22. The van der Waals surface area contributed by atoms with Crippen LogP contribution in [0.3, 0.4) is 0 Å². The van der Waals surface area contributed by atoms with E-state index < -0.39 is 59.5 Å². The Kier molecular flexibility index (Phi) is 8.47. The Bertz CT molecular complexity index is 855. The highest BCUT2D eigenvalue weighted by Gasteiger charge is 2.38. The number of nitrogens with one attached hydrogen (secondary N) is 1. The van der Waals surface area contributed by atoms with E-state index >= 15 is 0 Å². The highest BCUT2D eigenvalue weighted by atomic mass is 19.4. The van der Waals surface area contributed by atoms with Crippen LogP contribution >= 0.6 is 0 Å². The lowest BCUT2D eigenvalue weighted by Gasteiger charge is -2.21. The number of benzene rings is 1. The molecule has 0 aliphatic heterocycles. The number of hydrogen-bond acceptors (Lipinski definition) is 7. The predicted molar refractivity (Wildman–Crippen MR) is 103 cm³/mol. The summed E-state index contributed by atoms with van der Waals surface area (Å²) in [5, 5.41) is 1.59. The largest absolute Gasteiger partial charge is 0.514 e. The van der Waals surface area contributed by atoms with Gasteiger partial charge in [-0.1, -0.05) is 0 Å². The summed E-state index contributed by atoms with van der Waals surface area (Å²) in [4.78, 5) is 34.8. The molecule has 32 heavy (non-hydrogen) atoms. The van der Waals surface area contributed by atoms with Gasteiger partial charge in [0.25, 0.3) is 0 Å². The third kappa shape index (κ3) is 9.84. The first-order valence-electron chi connectivity index (χ1n) is 9.36. The van der Waals surface area contributed by atoms with Crippen molar-refractivity contribution in [3.05, 3.63) is 23.5 Å². The van der Waals surface area contributed by atoms with Gasteiger partial charge in [0.05, 0.1) is 0 Å². The minimum absolute atomic E-state index is 0.220. The van der Waals surface area contributed by atoms with Crippen molar-refractivity contribution in [3.63, 3.8) is 0 Å². The van der Waals surface area contributed by atoms with Gasteiger partial charge in [-0.2, -0.15) is 13.2 Å². The number of amides is 1. The van der Waals surface area contributed by atoms with Gasteiger partial charge in [-0.25, -0.2) is 14.0 Å². The van der Waals surface area contributed by atoms with Crippen molar-refractivity contribution in [2.45, 2.75) is 65.3 Å². The fourth-order valence-electron chi connectivity index (χ4n) is 2.06. The molecule has 12 heteroatoms. The molecule has 0 aliphatic rings. The zero-order valence-electron chi connectivity index (χ0n) is 18.4. The monoisotopic (exact) mass is 467 g/mol. The van der Waals surface area contributed by atoms with Crippen molar-refractivity contribution in [3.8, 4) is 11.5 Å². The van der Waals surface area contributed by atoms with Gasteiger partial charge in [0, 0.05) is 12.6 Å². The van der Waals surface area contributed by atoms with E-state index in [4.69, 9.17) is 18.9 Å². The van der Waals surface area contributed by atoms with Crippen molar-refractivity contribution in [1.82, 2.24) is 5.32 Å². The van der Waals surface area contributed by atoms with E-state index in [1.165, 1.54) is 0 Å². The van der Waals surface area contributed by atoms with Crippen LogP contribution in [-0.2, 0) is 20.7 Å². The maximum absolute atomic E-state index is 14.4. The van der Waals surface area contributed by atoms with E-state index in [0.717, 1.165) is 6.07 Å². The first-order chi connectivity index (χ1) is 14.4. The van der Waals surface area contributed by atoms with Crippen molar-refractivity contribution in [2.24, 2.45) is 0 Å². The number of carbonyl (C=O) groups excluding carboxylic acids is 3. The van der Waals surface area contributed by atoms with E-state index in [-0.39, 0.29) is 12.0 Å². The van der Waals surface area contributed by atoms with Gasteiger partial charge >= 0.3 is 24.4 Å². The van der Waals surface area contributed by atoms with Crippen LogP contribution in [-0.4, -0.2) is 42.1 Å². The summed E-state index contributed by atoms with van der Waals surface area (Å²) in [5.74, 6) is -4.14. The van der Waals surface area contributed by atoms with Crippen LogP contribution in [0.15, 0.2) is 12.1 Å². The summed E-state index contributed by atoms with van der Waals surface area (Å²) in [6.45, 7) is 8.80. The summed E-state index contributed by atoms with van der Waals surface area (Å²) >= 11 is 0. The van der Waals surface area contributed by atoms with Gasteiger partial charge in [0.1, 0.15) is 17.0 Å². The number of halogens is 4. The molecule has 1 N–H and O–H groups in total. The molecule has 8 nitrogen and oxygen atoms in total. The number of alkyl halides is 3. The molecule has 0 spiro atoms. The zero-order valence-corrected chi connectivity index (χ0v) is 18.4. The Morgan fingerprint density at radius 3 is 1.69 bits per heavy atom. The Morgan fingerprint density at radius 1 is 0.844 bits per heavy atom. The number of hydrogen-bond donors (Lipinski definition) is 1. The molecule has 180 valence electrons. The summed E-state index contributed by atoms with van der Waals surface area (Å²) in [7, 11) is 0. The van der Waals surface area contributed by atoms with E-state index in [9.17, 15) is 31.9 Å². The Morgan fingerprint density at radius 2 is 1.28 bits per heavy atom. The molecule has 1 aromatic rings. The molecule has 1 rings (SSSR count). The molecule has 0 saturated heterocycles. The van der Waals surface area contributed by atoms with Crippen molar-refractivity contribution >= 4 is 18.2 Å². The molecule has 1 aromatic carbocycles. The molecule has 1 amide bonds. The van der Waals surface area contributed by atoms with Crippen molar-refractivity contribution in [2.75, 3.05) is 6.54 Å². The Hall–Kier alpha value is -3.05. The first kappa shape index (κ1) is 27.0. The second kappa shape index (κ2) is 10.0. The standard InChI is InChI=1S/C20H25F4NO7/c1-18(2,3)31-16(27)29-13-9-11(7-8-25-15(26)20(22,23)24)12(21)10-14(13)30-17(28)32-19(4,5)6/h9-10H,7-8H2,1-6H3,(H,25,26). The zero-order chi connectivity index (χ0) is 24.9. The minimum atomic E-state index is -5.09. The first-order valence-corrected chi connectivity index (χ1v) is 9.36. The number of rotatable bonds is 5. The second-order valence-corrected chi connectivity index (χ2v) is 8.53. The van der Waals surface area contributed by atoms with Gasteiger partial charge in [-0.15, -0.1) is 0 Å². The Labute approximate surface area is 182 Å². The fourth-order valence-corrected chi connectivity index (χ4v) is 2.06. The average Bonchev–Trinajstić information content (AvgIpc) is 2.53. The molecule has 0 aliphatic carbocycles. The van der Waals surface area contributed by atoms with Crippen LogP contribution in [0, 0.1) is 5.82 Å². The lowest BCUT2D eigenvalue weighted by atomic mass is 10.1. The van der Waals surface area contributed by atoms with E-state index in [0.29, 0.717) is 6.07 Å². The van der Waals surface area contributed by atoms with E-state index in [1.54, 1.807) is 46.9 Å². The molecule has 0 heterocycles. The molecule has 0 saturated carbocycles. The van der Waals surface area contributed by atoms with Crippen molar-refractivity contribution < 1.29 is 50.9 Å². The topological polar surface area (TPSA) is 100 Å². The van der Waals surface area contributed by atoms with Crippen LogP contribution in [0.4, 0.5) is 27.2 Å². The highest BCUT2D eigenvalue weighted by molar-refractivity contribution is 5.81. The van der Waals surface area contributed by atoms with Gasteiger partial charge in [0.15, 0.2) is 11.5 Å². The van der Waals surface area contributed by atoms with Crippen LogP contribution in [0.25, 0.3) is 0 Å². The second-order valence-electron chi connectivity index (χ2n) is 8.53. The summed E-state index contributed by atoms with van der Waals surface area (Å²) in [5.41, 5.74) is -2.09. The van der Waals surface area contributed by atoms with Gasteiger partial charge in [0.2, 0.25) is 0 Å². The maximum atomic E-state index is 14.4. The molecule has 0 radical (unpaired) electrons. The minimum Gasteiger partial charge on any atom is -0.428 e. The van der Waals surface area contributed by atoms with E-state index in [2.05, 4.69) is 0 Å². The average molecular weight is 467 g/mol. The van der Waals surface area contributed by atoms with Crippen LogP contribution < -0.4 is 14.8 Å². The molecule has 0 atom stereocenters. The smallest absolute Gasteiger partial charge is 0.428 e. The SMILES string of the molecule is CC(C)(C)OC(=O)Oc1cc(F)c(CCNC(=O)C(F)(F)F)cc1OC(=O)OC(C)(C)C. The molecule has 0 aromatic heterocycles. The lowest BCUT2D eigenvalue weighted by molar-refractivity contribution is -0.173. The third-order valence-corrected chi connectivity index (χ3v) is 3.22. The fraction of sp³-hybridized carbons (Fsp3) is 0.550. The van der Waals surface area contributed by atoms with Gasteiger partial charge in [-0.3, -0.25) is 4.79 Å². The Balaban J connectivity index is 3.12. The van der Waals surface area contributed by atoms with Crippen LogP contribution in [0.5, 0.6) is 11.5 Å². The summed E-state index contributed by atoms with van der Waals surface area (Å²) in [6, 6.07) is 1.64. The van der Waals surface area contributed by atoms with Crippen molar-refractivity contribution in [1.29, 1.82) is 0 Å². The molecular weight excluding hydrogens is 442 g/mol. The molecule has 0 fully saturated rings. The number of ether oxygens (including phenoxy) is 4. The van der Waals surface area contributed by atoms with Gasteiger partial charge < -0.3 is 24.3 Å². The molecule has 0 unspecified atom stereocenters. The highest BCUT2D eigenvalue weighted by Crippen LogP contribution is 2.32. The molecular formula is C20H25F4NO7. The summed E-state index contributed by atoms with van der Waals surface area (Å²) in [6.07, 6.45) is -7.88.